The van der Waals surface area contributed by atoms with Crippen molar-refractivity contribution in [3.05, 3.63) is 45.9 Å². The molecule has 0 atom stereocenters. The van der Waals surface area contributed by atoms with Gasteiger partial charge in [-0.25, -0.2) is 17.6 Å². The minimum absolute atomic E-state index is 0.00419. The molecule has 27 heavy (non-hydrogen) atoms. The molecule has 3 rings (SSSR count). The third-order valence-electron chi connectivity index (χ3n) is 3.99. The lowest BCUT2D eigenvalue weighted by molar-refractivity contribution is 0.0473. The molecule has 0 spiro atoms. The van der Waals surface area contributed by atoms with Crippen molar-refractivity contribution in [3.63, 3.8) is 0 Å². The van der Waals surface area contributed by atoms with E-state index >= 15 is 0 Å². The maximum absolute atomic E-state index is 13.7. The second kappa shape index (κ2) is 8.34. The Labute approximate surface area is 160 Å². The van der Waals surface area contributed by atoms with Crippen LogP contribution in [-0.2, 0) is 26.1 Å². The van der Waals surface area contributed by atoms with Gasteiger partial charge in [0.1, 0.15) is 16.4 Å². The van der Waals surface area contributed by atoms with Crippen molar-refractivity contribution in [1.82, 2.24) is 4.31 Å². The van der Waals surface area contributed by atoms with Gasteiger partial charge in [-0.05, 0) is 29.1 Å². The maximum Gasteiger partial charge on any atom is 0.350 e. The fourth-order valence-corrected chi connectivity index (χ4v) is 5.28. The van der Waals surface area contributed by atoms with Crippen LogP contribution in [-0.4, -0.2) is 52.1 Å². The average Bonchev–Trinajstić information content (AvgIpc) is 3.18. The van der Waals surface area contributed by atoms with Crippen LogP contribution < -0.4 is 4.74 Å². The maximum atomic E-state index is 13.7. The summed E-state index contributed by atoms with van der Waals surface area (Å²) in [5.74, 6) is -1.26. The van der Waals surface area contributed by atoms with E-state index in [2.05, 4.69) is 0 Å². The lowest BCUT2D eigenvalue weighted by atomic mass is 10.2. The summed E-state index contributed by atoms with van der Waals surface area (Å²) in [7, 11) is -2.45. The number of ether oxygens (including phenoxy) is 3. The highest BCUT2D eigenvalue weighted by atomic mass is 32.2. The number of morpholine rings is 1. The summed E-state index contributed by atoms with van der Waals surface area (Å²) in [6.45, 7) is 0.905. The van der Waals surface area contributed by atoms with Gasteiger partial charge in [0.15, 0.2) is 11.6 Å². The first-order valence-electron chi connectivity index (χ1n) is 8.08. The Morgan fingerprint density at radius 1 is 1.30 bits per heavy atom. The fraction of sp³-hybridized carbons (Fsp3) is 0.353. The Bertz CT molecular complexity index is 921. The van der Waals surface area contributed by atoms with Crippen molar-refractivity contribution in [2.24, 2.45) is 0 Å². The Hall–Kier alpha value is -2.01. The zero-order valence-corrected chi connectivity index (χ0v) is 16.1. The fourth-order valence-electron chi connectivity index (χ4n) is 2.59. The number of carbonyl (C=O) groups excluding carboxylic acids is 1. The van der Waals surface area contributed by atoms with E-state index in [4.69, 9.17) is 14.2 Å². The number of methoxy groups -OCH3 is 1. The largest absolute Gasteiger partial charge is 0.494 e. The molecule has 0 radical (unpaired) electrons. The summed E-state index contributed by atoms with van der Waals surface area (Å²) in [6, 6.07) is 5.58. The number of carbonyl (C=O) groups is 1. The van der Waals surface area contributed by atoms with E-state index in [0.29, 0.717) is 18.8 Å². The van der Waals surface area contributed by atoms with Crippen LogP contribution in [0.15, 0.2) is 34.5 Å². The first-order valence-corrected chi connectivity index (χ1v) is 10.4. The van der Waals surface area contributed by atoms with Crippen LogP contribution in [0.4, 0.5) is 4.39 Å². The minimum atomic E-state index is -3.81. The molecule has 1 saturated heterocycles. The standard InChI is InChI=1S/C17H18FNO6S2/c1-23-14-3-2-12(10-13(14)18)11-25-17(20)16-15(4-9-26-16)27(21,22)19-5-7-24-8-6-19/h2-4,9-10H,5-8,11H2,1H3. The molecule has 0 unspecified atom stereocenters. The van der Waals surface area contributed by atoms with Crippen LogP contribution in [0, 0.1) is 5.82 Å². The van der Waals surface area contributed by atoms with Gasteiger partial charge in [0.25, 0.3) is 0 Å². The highest BCUT2D eigenvalue weighted by Crippen LogP contribution is 2.27. The van der Waals surface area contributed by atoms with Gasteiger partial charge < -0.3 is 14.2 Å². The molecule has 1 aromatic heterocycles. The van der Waals surface area contributed by atoms with E-state index < -0.39 is 21.8 Å². The number of halogens is 1. The topological polar surface area (TPSA) is 82.1 Å². The molecule has 1 aliphatic heterocycles. The molecule has 0 bridgehead atoms. The molecule has 2 aromatic rings. The van der Waals surface area contributed by atoms with Gasteiger partial charge in [-0.3, -0.25) is 0 Å². The van der Waals surface area contributed by atoms with Gasteiger partial charge in [0.2, 0.25) is 10.0 Å². The second-order valence-corrected chi connectivity index (χ2v) is 8.50. The van der Waals surface area contributed by atoms with E-state index in [1.807, 2.05) is 0 Å². The molecule has 146 valence electrons. The monoisotopic (exact) mass is 415 g/mol. The number of benzene rings is 1. The molecule has 1 aromatic carbocycles. The van der Waals surface area contributed by atoms with Crippen molar-refractivity contribution in [2.75, 3.05) is 33.4 Å². The SMILES string of the molecule is COc1ccc(COC(=O)c2sccc2S(=O)(=O)N2CCOCC2)cc1F. The lowest BCUT2D eigenvalue weighted by Gasteiger charge is -2.25. The Morgan fingerprint density at radius 2 is 2.04 bits per heavy atom. The molecule has 0 saturated carbocycles. The summed E-state index contributed by atoms with van der Waals surface area (Å²) in [5, 5.41) is 1.52. The Balaban J connectivity index is 1.73. The van der Waals surface area contributed by atoms with E-state index in [9.17, 15) is 17.6 Å². The van der Waals surface area contributed by atoms with Gasteiger partial charge in [-0.1, -0.05) is 6.07 Å². The third-order valence-corrected chi connectivity index (χ3v) is 6.95. The number of hydrogen-bond donors (Lipinski definition) is 0. The molecule has 1 fully saturated rings. The van der Waals surface area contributed by atoms with Crippen LogP contribution in [0.1, 0.15) is 15.2 Å². The van der Waals surface area contributed by atoms with Crippen LogP contribution in [0.2, 0.25) is 0 Å². The number of hydrogen-bond acceptors (Lipinski definition) is 7. The average molecular weight is 415 g/mol. The molecular formula is C17H18FNO6S2. The number of thiophene rings is 1. The van der Waals surface area contributed by atoms with E-state index in [-0.39, 0.29) is 35.2 Å². The molecule has 7 nitrogen and oxygen atoms in total. The normalized spacial score (nSPS) is 15.5. The minimum Gasteiger partial charge on any atom is -0.494 e. The van der Waals surface area contributed by atoms with Crippen LogP contribution in [0.5, 0.6) is 5.75 Å². The van der Waals surface area contributed by atoms with Gasteiger partial charge in [0, 0.05) is 13.1 Å². The smallest absolute Gasteiger partial charge is 0.350 e. The van der Waals surface area contributed by atoms with Gasteiger partial charge in [-0.15, -0.1) is 11.3 Å². The molecule has 1 aliphatic rings. The van der Waals surface area contributed by atoms with Crippen molar-refractivity contribution in [2.45, 2.75) is 11.5 Å². The van der Waals surface area contributed by atoms with Gasteiger partial charge >= 0.3 is 5.97 Å². The predicted molar refractivity (Wildman–Crippen MR) is 96.0 cm³/mol. The third kappa shape index (κ3) is 4.29. The molecule has 0 amide bonds. The van der Waals surface area contributed by atoms with Gasteiger partial charge in [0.05, 0.1) is 20.3 Å². The number of sulfonamides is 1. The van der Waals surface area contributed by atoms with Crippen molar-refractivity contribution < 1.29 is 31.8 Å². The molecule has 2 heterocycles. The Kier molecular flexibility index (Phi) is 6.10. The lowest BCUT2D eigenvalue weighted by Crippen LogP contribution is -2.40. The van der Waals surface area contributed by atoms with Crippen molar-refractivity contribution in [3.8, 4) is 5.75 Å². The first kappa shape index (κ1) is 19.7. The first-order chi connectivity index (χ1) is 12.9. The number of esters is 1. The summed E-state index contributed by atoms with van der Waals surface area (Å²) in [5.41, 5.74) is 0.427. The van der Waals surface area contributed by atoms with Crippen LogP contribution in [0.3, 0.4) is 0 Å². The van der Waals surface area contributed by atoms with Crippen molar-refractivity contribution >= 4 is 27.3 Å². The molecular weight excluding hydrogens is 397 g/mol. The van der Waals surface area contributed by atoms with E-state index in [1.54, 1.807) is 6.07 Å². The van der Waals surface area contributed by atoms with Crippen molar-refractivity contribution in [1.29, 1.82) is 0 Å². The summed E-state index contributed by atoms with van der Waals surface area (Å²) >= 11 is 0.987. The quantitative estimate of drug-likeness (QED) is 0.674. The highest BCUT2D eigenvalue weighted by Gasteiger charge is 2.31. The molecule has 0 aliphatic carbocycles. The summed E-state index contributed by atoms with van der Waals surface area (Å²) < 4.78 is 55.7. The zero-order valence-electron chi connectivity index (χ0n) is 14.5. The van der Waals surface area contributed by atoms with Gasteiger partial charge in [-0.2, -0.15) is 4.31 Å². The summed E-state index contributed by atoms with van der Waals surface area (Å²) in [4.78, 5) is 12.3. The second-order valence-electron chi connectivity index (χ2n) is 5.68. The number of nitrogens with zero attached hydrogens (tertiary/aromatic N) is 1. The zero-order chi connectivity index (χ0) is 19.4. The van der Waals surface area contributed by atoms with E-state index in [1.165, 1.54) is 35.0 Å². The number of rotatable bonds is 6. The molecule has 0 N–H and O–H groups in total. The summed E-state index contributed by atoms with van der Waals surface area (Å²) in [6.07, 6.45) is 0. The van der Waals surface area contributed by atoms with E-state index in [0.717, 1.165) is 11.3 Å². The Morgan fingerprint density at radius 3 is 2.70 bits per heavy atom. The molecule has 10 heteroatoms. The van der Waals surface area contributed by atoms with Crippen LogP contribution in [0.25, 0.3) is 0 Å². The van der Waals surface area contributed by atoms with Crippen LogP contribution >= 0.6 is 11.3 Å². The predicted octanol–water partition coefficient (Wildman–Crippen LogP) is 2.27. The highest BCUT2D eigenvalue weighted by molar-refractivity contribution is 7.89.